The fourth-order valence-corrected chi connectivity index (χ4v) is 1.55. The van der Waals surface area contributed by atoms with Crippen LogP contribution in [0.2, 0.25) is 0 Å². The summed E-state index contributed by atoms with van der Waals surface area (Å²) in [4.78, 5) is 0. The van der Waals surface area contributed by atoms with Gasteiger partial charge in [-0.2, -0.15) is 0 Å². The highest BCUT2D eigenvalue weighted by Gasteiger charge is 2.09. The van der Waals surface area contributed by atoms with E-state index in [0.29, 0.717) is 11.7 Å². The van der Waals surface area contributed by atoms with E-state index in [1.807, 2.05) is 19.1 Å². The van der Waals surface area contributed by atoms with Crippen molar-refractivity contribution < 1.29 is 5.11 Å². The smallest absolute Gasteiger partial charge is 0.118 e. The SMILES string of the molecule is Cc1cc([C@@H](N)CC(C)C)ccc1O.Cl. The summed E-state index contributed by atoms with van der Waals surface area (Å²) in [5.74, 6) is 0.935. The minimum atomic E-state index is 0. The Bertz CT molecular complexity index is 312. The number of rotatable bonds is 3. The Morgan fingerprint density at radius 3 is 2.40 bits per heavy atom. The molecule has 0 radical (unpaired) electrons. The van der Waals surface area contributed by atoms with Crippen molar-refractivity contribution in [1.29, 1.82) is 0 Å². The van der Waals surface area contributed by atoms with Crippen molar-refractivity contribution in [1.82, 2.24) is 0 Å². The highest BCUT2D eigenvalue weighted by molar-refractivity contribution is 5.85. The molecule has 1 rings (SSSR count). The van der Waals surface area contributed by atoms with Gasteiger partial charge in [-0.05, 0) is 36.5 Å². The van der Waals surface area contributed by atoms with E-state index in [9.17, 15) is 5.11 Å². The van der Waals surface area contributed by atoms with Crippen molar-refractivity contribution in [2.45, 2.75) is 33.2 Å². The molecule has 0 heterocycles. The van der Waals surface area contributed by atoms with Crippen molar-refractivity contribution in [3.8, 4) is 5.75 Å². The molecule has 3 heteroatoms. The molecule has 0 amide bonds. The quantitative estimate of drug-likeness (QED) is 0.837. The molecule has 15 heavy (non-hydrogen) atoms. The summed E-state index contributed by atoms with van der Waals surface area (Å²) < 4.78 is 0. The number of halogens is 1. The molecule has 0 saturated heterocycles. The molecule has 1 atom stereocenters. The summed E-state index contributed by atoms with van der Waals surface area (Å²) in [7, 11) is 0. The molecule has 3 N–H and O–H groups in total. The molecule has 2 nitrogen and oxygen atoms in total. The molecule has 1 aromatic carbocycles. The van der Waals surface area contributed by atoms with Crippen LogP contribution in [-0.2, 0) is 0 Å². The van der Waals surface area contributed by atoms with Crippen LogP contribution < -0.4 is 5.73 Å². The Kier molecular flexibility index (Phi) is 5.69. The second-order valence-corrected chi connectivity index (χ2v) is 4.28. The number of nitrogens with two attached hydrogens (primary N) is 1. The van der Waals surface area contributed by atoms with Gasteiger partial charge >= 0.3 is 0 Å². The number of phenolic OH excluding ortho intramolecular Hbond substituents is 1. The molecule has 0 aliphatic heterocycles. The fourth-order valence-electron chi connectivity index (χ4n) is 1.55. The minimum absolute atomic E-state index is 0. The zero-order valence-corrected chi connectivity index (χ0v) is 10.3. The standard InChI is InChI=1S/C12H19NO.ClH/c1-8(2)6-11(13)10-4-5-12(14)9(3)7-10;/h4-5,7-8,11,14H,6,13H2,1-3H3;1H/t11-;/m0./s1. The zero-order chi connectivity index (χ0) is 10.7. The Hall–Kier alpha value is -0.730. The zero-order valence-electron chi connectivity index (χ0n) is 9.53. The van der Waals surface area contributed by atoms with Gasteiger partial charge in [0.1, 0.15) is 5.75 Å². The van der Waals surface area contributed by atoms with E-state index in [1.54, 1.807) is 6.07 Å². The number of hydrogen-bond donors (Lipinski definition) is 2. The van der Waals surface area contributed by atoms with E-state index in [2.05, 4.69) is 13.8 Å². The van der Waals surface area contributed by atoms with Gasteiger partial charge in [-0.15, -0.1) is 12.4 Å². The first kappa shape index (κ1) is 14.3. The maximum absolute atomic E-state index is 9.37. The van der Waals surface area contributed by atoms with Gasteiger partial charge < -0.3 is 10.8 Å². The number of aryl methyl sites for hydroxylation is 1. The number of aromatic hydroxyl groups is 1. The molecule has 86 valence electrons. The fraction of sp³-hybridized carbons (Fsp3) is 0.500. The van der Waals surface area contributed by atoms with E-state index < -0.39 is 0 Å². The summed E-state index contributed by atoms with van der Waals surface area (Å²) in [6, 6.07) is 5.65. The minimum Gasteiger partial charge on any atom is -0.508 e. The van der Waals surface area contributed by atoms with Gasteiger partial charge in [0, 0.05) is 6.04 Å². The molecule has 0 bridgehead atoms. The largest absolute Gasteiger partial charge is 0.508 e. The predicted octanol–water partition coefficient (Wildman–Crippen LogP) is 3.17. The lowest BCUT2D eigenvalue weighted by Gasteiger charge is -2.15. The second kappa shape index (κ2) is 5.99. The summed E-state index contributed by atoms with van der Waals surface area (Å²) in [5, 5.41) is 9.37. The number of benzene rings is 1. The van der Waals surface area contributed by atoms with Crippen molar-refractivity contribution in [3.05, 3.63) is 29.3 Å². The van der Waals surface area contributed by atoms with Crippen LogP contribution in [0, 0.1) is 12.8 Å². The Labute approximate surface area is 97.9 Å². The van der Waals surface area contributed by atoms with Crippen molar-refractivity contribution in [2.24, 2.45) is 11.7 Å². The average molecular weight is 230 g/mol. The van der Waals surface area contributed by atoms with Crippen molar-refractivity contribution >= 4 is 12.4 Å². The van der Waals surface area contributed by atoms with E-state index >= 15 is 0 Å². The van der Waals surface area contributed by atoms with Crippen LogP contribution in [0.1, 0.15) is 37.4 Å². The molecule has 0 saturated carbocycles. The van der Waals surface area contributed by atoms with Crippen LogP contribution in [0.25, 0.3) is 0 Å². The maximum atomic E-state index is 9.37. The summed E-state index contributed by atoms with van der Waals surface area (Å²) in [6.07, 6.45) is 0.976. The van der Waals surface area contributed by atoms with Gasteiger partial charge in [0.2, 0.25) is 0 Å². The first-order valence-electron chi connectivity index (χ1n) is 5.05. The predicted molar refractivity (Wildman–Crippen MR) is 66.5 cm³/mol. The first-order valence-corrected chi connectivity index (χ1v) is 5.05. The van der Waals surface area contributed by atoms with Crippen LogP contribution in [-0.4, -0.2) is 5.11 Å². The highest BCUT2D eigenvalue weighted by Crippen LogP contribution is 2.23. The van der Waals surface area contributed by atoms with Gasteiger partial charge in [-0.25, -0.2) is 0 Å². The van der Waals surface area contributed by atoms with E-state index in [1.165, 1.54) is 0 Å². The average Bonchev–Trinajstić information content (AvgIpc) is 2.08. The normalized spacial score (nSPS) is 12.3. The molecule has 0 aliphatic carbocycles. The van der Waals surface area contributed by atoms with Gasteiger partial charge in [-0.1, -0.05) is 26.0 Å². The lowest BCUT2D eigenvalue weighted by atomic mass is 9.96. The summed E-state index contributed by atoms with van der Waals surface area (Å²) >= 11 is 0. The number of phenols is 1. The molecule has 0 fully saturated rings. The summed E-state index contributed by atoms with van der Waals surface area (Å²) in [6.45, 7) is 6.21. The molecule has 0 spiro atoms. The van der Waals surface area contributed by atoms with Crippen LogP contribution >= 0.6 is 12.4 Å². The molecule has 1 aromatic rings. The topological polar surface area (TPSA) is 46.2 Å². The van der Waals surface area contributed by atoms with Crippen LogP contribution in [0.15, 0.2) is 18.2 Å². The Morgan fingerprint density at radius 1 is 1.33 bits per heavy atom. The van der Waals surface area contributed by atoms with Gasteiger partial charge in [0.05, 0.1) is 0 Å². The van der Waals surface area contributed by atoms with E-state index in [-0.39, 0.29) is 18.4 Å². The lowest BCUT2D eigenvalue weighted by Crippen LogP contribution is -2.12. The molecular formula is C12H20ClNO. The second-order valence-electron chi connectivity index (χ2n) is 4.28. The van der Waals surface area contributed by atoms with Gasteiger partial charge in [0.25, 0.3) is 0 Å². The Balaban J connectivity index is 0.00000196. The monoisotopic (exact) mass is 229 g/mol. The first-order chi connectivity index (χ1) is 6.50. The van der Waals surface area contributed by atoms with Crippen molar-refractivity contribution in [2.75, 3.05) is 0 Å². The van der Waals surface area contributed by atoms with Gasteiger partial charge in [0.15, 0.2) is 0 Å². The lowest BCUT2D eigenvalue weighted by molar-refractivity contribution is 0.469. The maximum Gasteiger partial charge on any atom is 0.118 e. The molecule has 0 aliphatic rings. The van der Waals surface area contributed by atoms with Crippen molar-refractivity contribution in [3.63, 3.8) is 0 Å². The molecule has 0 aromatic heterocycles. The number of hydrogen-bond acceptors (Lipinski definition) is 2. The molecular weight excluding hydrogens is 210 g/mol. The van der Waals surface area contributed by atoms with E-state index in [4.69, 9.17) is 5.73 Å². The van der Waals surface area contributed by atoms with Crippen LogP contribution in [0.3, 0.4) is 0 Å². The molecule has 0 unspecified atom stereocenters. The Morgan fingerprint density at radius 2 is 1.93 bits per heavy atom. The van der Waals surface area contributed by atoms with Gasteiger partial charge in [-0.3, -0.25) is 0 Å². The third-order valence-electron chi connectivity index (χ3n) is 2.37. The third-order valence-corrected chi connectivity index (χ3v) is 2.37. The summed E-state index contributed by atoms with van der Waals surface area (Å²) in [5.41, 5.74) is 8.03. The van der Waals surface area contributed by atoms with E-state index in [0.717, 1.165) is 17.5 Å². The van der Waals surface area contributed by atoms with Crippen LogP contribution in [0.5, 0.6) is 5.75 Å². The highest BCUT2D eigenvalue weighted by atomic mass is 35.5. The van der Waals surface area contributed by atoms with Crippen LogP contribution in [0.4, 0.5) is 0 Å². The third kappa shape index (κ3) is 4.10.